The van der Waals surface area contributed by atoms with Crippen LogP contribution >= 0.6 is 0 Å². The highest BCUT2D eigenvalue weighted by molar-refractivity contribution is 5.89. The van der Waals surface area contributed by atoms with E-state index >= 15 is 0 Å². The molecule has 2 rings (SSSR count). The highest BCUT2D eigenvalue weighted by Crippen LogP contribution is 2.35. The van der Waals surface area contributed by atoms with Gasteiger partial charge in [-0.2, -0.15) is 0 Å². The van der Waals surface area contributed by atoms with Crippen molar-refractivity contribution in [1.29, 1.82) is 0 Å². The summed E-state index contributed by atoms with van der Waals surface area (Å²) in [6, 6.07) is 6.06. The van der Waals surface area contributed by atoms with Gasteiger partial charge in [-0.1, -0.05) is 91.9 Å². The van der Waals surface area contributed by atoms with E-state index < -0.39 is 0 Å². The van der Waals surface area contributed by atoms with Crippen LogP contribution in [0.15, 0.2) is 23.0 Å². The fourth-order valence-corrected chi connectivity index (χ4v) is 4.37. The summed E-state index contributed by atoms with van der Waals surface area (Å²) in [7, 11) is 0. The van der Waals surface area contributed by atoms with Crippen molar-refractivity contribution in [3.8, 4) is 17.2 Å². The van der Waals surface area contributed by atoms with Gasteiger partial charge in [0.25, 0.3) is 5.56 Å². The molecule has 1 aromatic heterocycles. The zero-order valence-corrected chi connectivity index (χ0v) is 23.5. The first kappa shape index (κ1) is 30.1. The normalized spacial score (nSPS) is 11.2. The second-order valence-electron chi connectivity index (χ2n) is 9.87. The van der Waals surface area contributed by atoms with Crippen LogP contribution < -0.4 is 19.8 Å². The zero-order valence-electron chi connectivity index (χ0n) is 23.5. The molecule has 204 valence electrons. The molecule has 0 saturated heterocycles. The molecule has 0 radical (unpaired) electrons. The standard InChI is InChI=1S/C31H51NO4/c1-5-9-13-15-16-17-21-32-28-25-26(34-22-11-7-3)19-20-27(28)29(35-24-18-14-10-6-2)30(31(32)33)36-23-12-8-4/h19-20,25H,5-18,21-24H2,1-4H3. The third-order valence-electron chi connectivity index (χ3n) is 6.64. The Morgan fingerprint density at radius 3 is 1.86 bits per heavy atom. The van der Waals surface area contributed by atoms with Crippen LogP contribution in [0.3, 0.4) is 0 Å². The molecule has 5 heteroatoms. The Kier molecular flexibility index (Phi) is 15.1. The zero-order chi connectivity index (χ0) is 26.0. The van der Waals surface area contributed by atoms with Crippen molar-refractivity contribution in [2.45, 2.75) is 124 Å². The number of hydrogen-bond donors (Lipinski definition) is 0. The van der Waals surface area contributed by atoms with Crippen LogP contribution in [0, 0.1) is 0 Å². The summed E-state index contributed by atoms with van der Waals surface area (Å²) in [4.78, 5) is 13.8. The van der Waals surface area contributed by atoms with Crippen molar-refractivity contribution in [2.75, 3.05) is 19.8 Å². The molecule has 0 N–H and O–H groups in total. The van der Waals surface area contributed by atoms with Crippen LogP contribution in [-0.2, 0) is 6.54 Å². The molecular formula is C31H51NO4. The Morgan fingerprint density at radius 2 is 1.17 bits per heavy atom. The van der Waals surface area contributed by atoms with Crippen LogP contribution in [0.1, 0.15) is 118 Å². The van der Waals surface area contributed by atoms with E-state index in [2.05, 4.69) is 27.7 Å². The third kappa shape index (κ3) is 9.71. The third-order valence-corrected chi connectivity index (χ3v) is 6.64. The topological polar surface area (TPSA) is 49.7 Å². The lowest BCUT2D eigenvalue weighted by atomic mass is 10.1. The first-order valence-electron chi connectivity index (χ1n) is 14.8. The number of aryl methyl sites for hydroxylation is 1. The molecular weight excluding hydrogens is 450 g/mol. The smallest absolute Gasteiger partial charge is 0.297 e. The van der Waals surface area contributed by atoms with Gasteiger partial charge in [0.2, 0.25) is 5.75 Å². The van der Waals surface area contributed by atoms with Gasteiger partial charge in [-0.25, -0.2) is 0 Å². The van der Waals surface area contributed by atoms with Crippen LogP contribution in [0.25, 0.3) is 10.9 Å². The molecule has 1 heterocycles. The Bertz CT molecular complexity index is 921. The molecule has 0 aliphatic rings. The molecule has 0 atom stereocenters. The maximum atomic E-state index is 13.8. The van der Waals surface area contributed by atoms with E-state index in [-0.39, 0.29) is 5.56 Å². The molecule has 0 unspecified atom stereocenters. The Labute approximate surface area is 219 Å². The molecule has 0 aliphatic heterocycles. The van der Waals surface area contributed by atoms with Gasteiger partial charge in [0, 0.05) is 18.0 Å². The summed E-state index contributed by atoms with van der Waals surface area (Å²) < 4.78 is 20.3. The largest absolute Gasteiger partial charge is 0.494 e. The second-order valence-corrected chi connectivity index (χ2v) is 9.87. The average molecular weight is 502 g/mol. The van der Waals surface area contributed by atoms with E-state index in [0.717, 1.165) is 68.0 Å². The van der Waals surface area contributed by atoms with Crippen molar-refractivity contribution in [3.05, 3.63) is 28.6 Å². The van der Waals surface area contributed by atoms with E-state index in [9.17, 15) is 4.79 Å². The number of aromatic nitrogens is 1. The highest BCUT2D eigenvalue weighted by Gasteiger charge is 2.20. The van der Waals surface area contributed by atoms with Crippen molar-refractivity contribution >= 4 is 10.9 Å². The van der Waals surface area contributed by atoms with E-state index in [1.165, 1.54) is 38.5 Å². The lowest BCUT2D eigenvalue weighted by molar-refractivity contribution is 0.258. The van der Waals surface area contributed by atoms with Gasteiger partial charge in [0.1, 0.15) is 5.75 Å². The summed E-state index contributed by atoms with van der Waals surface area (Å²) in [5.74, 6) is 1.78. The SMILES string of the molecule is CCCCCCCCn1c(=O)c(OCCCC)c(OCCCCCC)c2ccc(OCCCC)cc21. The number of hydrogen-bond acceptors (Lipinski definition) is 4. The van der Waals surface area contributed by atoms with Crippen molar-refractivity contribution in [1.82, 2.24) is 4.57 Å². The van der Waals surface area contributed by atoms with Gasteiger partial charge >= 0.3 is 0 Å². The predicted octanol–water partition coefficient (Wildman–Crippen LogP) is 8.68. The van der Waals surface area contributed by atoms with Gasteiger partial charge in [-0.15, -0.1) is 0 Å². The van der Waals surface area contributed by atoms with Crippen LogP contribution in [0.5, 0.6) is 17.2 Å². The van der Waals surface area contributed by atoms with Crippen molar-refractivity contribution < 1.29 is 14.2 Å². The first-order valence-corrected chi connectivity index (χ1v) is 14.8. The molecule has 2 aromatic rings. The monoisotopic (exact) mass is 501 g/mol. The first-order chi connectivity index (χ1) is 17.7. The fraction of sp³-hybridized carbons (Fsp3) is 0.710. The lowest BCUT2D eigenvalue weighted by Gasteiger charge is -2.19. The molecule has 0 saturated carbocycles. The minimum atomic E-state index is -0.0820. The molecule has 36 heavy (non-hydrogen) atoms. The highest BCUT2D eigenvalue weighted by atomic mass is 16.5. The Morgan fingerprint density at radius 1 is 0.611 bits per heavy atom. The summed E-state index contributed by atoms with van der Waals surface area (Å²) in [6.45, 7) is 11.2. The molecule has 0 spiro atoms. The predicted molar refractivity (Wildman–Crippen MR) is 152 cm³/mol. The van der Waals surface area contributed by atoms with Crippen molar-refractivity contribution in [2.24, 2.45) is 0 Å². The number of unbranched alkanes of at least 4 members (excludes halogenated alkanes) is 10. The quantitative estimate of drug-likeness (QED) is 0.161. The van der Waals surface area contributed by atoms with Gasteiger partial charge in [-0.3, -0.25) is 4.79 Å². The number of fused-ring (bicyclic) bond motifs is 1. The number of nitrogens with zero attached hydrogens (tertiary/aromatic N) is 1. The van der Waals surface area contributed by atoms with E-state index in [1.807, 2.05) is 22.8 Å². The molecule has 0 amide bonds. The second kappa shape index (κ2) is 18.1. The molecule has 1 aromatic carbocycles. The van der Waals surface area contributed by atoms with Gasteiger partial charge in [-0.05, 0) is 37.8 Å². The van der Waals surface area contributed by atoms with Gasteiger partial charge in [0.05, 0.1) is 25.3 Å². The Hall–Kier alpha value is -2.17. The maximum absolute atomic E-state index is 13.8. The minimum absolute atomic E-state index is 0.0820. The van der Waals surface area contributed by atoms with Crippen LogP contribution in [0.4, 0.5) is 0 Å². The van der Waals surface area contributed by atoms with E-state index in [1.54, 1.807) is 0 Å². The molecule has 0 aliphatic carbocycles. The van der Waals surface area contributed by atoms with Crippen molar-refractivity contribution in [3.63, 3.8) is 0 Å². The summed E-state index contributed by atoms with van der Waals surface area (Å²) >= 11 is 0. The summed E-state index contributed by atoms with van der Waals surface area (Å²) in [5.41, 5.74) is 0.801. The van der Waals surface area contributed by atoms with Crippen LogP contribution in [0.2, 0.25) is 0 Å². The number of ether oxygens (including phenoxy) is 3. The molecule has 0 fully saturated rings. The maximum Gasteiger partial charge on any atom is 0.297 e. The van der Waals surface area contributed by atoms with E-state index in [4.69, 9.17) is 14.2 Å². The molecule has 0 bridgehead atoms. The molecule has 5 nitrogen and oxygen atoms in total. The van der Waals surface area contributed by atoms with Gasteiger partial charge in [0.15, 0.2) is 5.75 Å². The minimum Gasteiger partial charge on any atom is -0.494 e. The summed E-state index contributed by atoms with van der Waals surface area (Å²) in [5, 5.41) is 0.936. The number of rotatable bonds is 21. The average Bonchev–Trinajstić information content (AvgIpc) is 2.88. The van der Waals surface area contributed by atoms with Gasteiger partial charge < -0.3 is 18.8 Å². The lowest BCUT2D eigenvalue weighted by Crippen LogP contribution is -2.24. The number of pyridine rings is 1. The summed E-state index contributed by atoms with van der Waals surface area (Å²) in [6.07, 6.45) is 15.6. The van der Waals surface area contributed by atoms with Crippen LogP contribution in [-0.4, -0.2) is 24.4 Å². The fourth-order valence-electron chi connectivity index (χ4n) is 4.37. The Balaban J connectivity index is 2.42. The number of benzene rings is 1. The van der Waals surface area contributed by atoms with E-state index in [0.29, 0.717) is 37.9 Å².